The molecule has 2 aromatic carbocycles. The summed E-state index contributed by atoms with van der Waals surface area (Å²) in [7, 11) is 0. The number of benzene rings is 2. The van der Waals surface area contributed by atoms with Gasteiger partial charge in [-0.05, 0) is 29.3 Å². The van der Waals surface area contributed by atoms with E-state index in [2.05, 4.69) is 20.9 Å². The maximum atomic E-state index is 5.96. The van der Waals surface area contributed by atoms with Crippen LogP contribution in [0.5, 0.6) is 0 Å². The number of hydrogen-bond donors (Lipinski definition) is 0. The highest BCUT2D eigenvalue weighted by Crippen LogP contribution is 2.19. The first-order valence-electron chi connectivity index (χ1n) is 5.24. The van der Waals surface area contributed by atoms with Gasteiger partial charge in [-0.25, -0.2) is 0 Å². The first kappa shape index (κ1) is 12.3. The highest BCUT2D eigenvalue weighted by Gasteiger charge is 1.96. The molecule has 0 aliphatic rings. The standard InChI is InChI=1S/C14H11BrClN/c15-13-6-12(7-14(16)8-13)10-17-9-11-4-2-1-3-5-11/h1-9H,10H2. The molecule has 0 aliphatic carbocycles. The molecule has 1 nitrogen and oxygen atoms in total. The minimum atomic E-state index is 0.633. The van der Waals surface area contributed by atoms with E-state index in [1.807, 2.05) is 54.7 Å². The van der Waals surface area contributed by atoms with Crippen LogP contribution in [0.15, 0.2) is 58.0 Å². The summed E-state index contributed by atoms with van der Waals surface area (Å²) in [5.41, 5.74) is 2.20. The number of halogens is 2. The molecule has 0 aromatic heterocycles. The van der Waals surface area contributed by atoms with E-state index in [0.29, 0.717) is 6.54 Å². The van der Waals surface area contributed by atoms with Gasteiger partial charge in [-0.15, -0.1) is 0 Å². The second-order valence-electron chi connectivity index (χ2n) is 3.66. The summed E-state index contributed by atoms with van der Waals surface area (Å²) in [6.07, 6.45) is 1.87. The van der Waals surface area contributed by atoms with Crippen LogP contribution in [0.25, 0.3) is 0 Å². The van der Waals surface area contributed by atoms with Gasteiger partial charge in [-0.3, -0.25) is 4.99 Å². The normalized spacial score (nSPS) is 10.9. The molecular weight excluding hydrogens is 298 g/mol. The number of rotatable bonds is 3. The molecule has 0 aliphatic heterocycles. The third-order valence-electron chi connectivity index (χ3n) is 2.24. The summed E-state index contributed by atoms with van der Waals surface area (Å²) in [5, 5.41) is 0.726. The van der Waals surface area contributed by atoms with Gasteiger partial charge in [0.15, 0.2) is 0 Å². The van der Waals surface area contributed by atoms with Gasteiger partial charge in [0.1, 0.15) is 0 Å². The van der Waals surface area contributed by atoms with Crippen molar-refractivity contribution in [2.24, 2.45) is 4.99 Å². The van der Waals surface area contributed by atoms with Crippen LogP contribution in [0.3, 0.4) is 0 Å². The lowest BCUT2D eigenvalue weighted by Crippen LogP contribution is -1.84. The molecule has 0 atom stereocenters. The van der Waals surface area contributed by atoms with E-state index < -0.39 is 0 Å². The van der Waals surface area contributed by atoms with Gasteiger partial charge in [0, 0.05) is 15.7 Å². The average molecular weight is 309 g/mol. The Labute approximate surface area is 114 Å². The molecule has 0 saturated carbocycles. The second kappa shape index (κ2) is 5.99. The van der Waals surface area contributed by atoms with E-state index >= 15 is 0 Å². The van der Waals surface area contributed by atoms with Crippen molar-refractivity contribution in [3.63, 3.8) is 0 Å². The fourth-order valence-electron chi connectivity index (χ4n) is 1.50. The van der Waals surface area contributed by atoms with Crippen LogP contribution in [0.4, 0.5) is 0 Å². The van der Waals surface area contributed by atoms with E-state index in [4.69, 9.17) is 11.6 Å². The van der Waals surface area contributed by atoms with Crippen LogP contribution in [-0.4, -0.2) is 6.21 Å². The molecule has 0 unspecified atom stereocenters. The smallest absolute Gasteiger partial charge is 0.0640 e. The summed E-state index contributed by atoms with van der Waals surface area (Å²) in [5.74, 6) is 0. The maximum Gasteiger partial charge on any atom is 0.0640 e. The molecule has 2 rings (SSSR count). The molecule has 0 bridgehead atoms. The SMILES string of the molecule is Clc1cc(Br)cc(CN=Cc2ccccc2)c1. The van der Waals surface area contributed by atoms with Crippen molar-refractivity contribution >= 4 is 33.7 Å². The Morgan fingerprint density at radius 3 is 2.59 bits per heavy atom. The summed E-state index contributed by atoms with van der Waals surface area (Å²) in [6.45, 7) is 0.633. The van der Waals surface area contributed by atoms with E-state index in [1.54, 1.807) is 0 Å². The zero-order valence-electron chi connectivity index (χ0n) is 9.11. The Kier molecular flexibility index (Phi) is 4.35. The average Bonchev–Trinajstić information content (AvgIpc) is 2.29. The molecule has 0 radical (unpaired) electrons. The summed E-state index contributed by atoms with van der Waals surface area (Å²) in [4.78, 5) is 4.39. The van der Waals surface area contributed by atoms with Gasteiger partial charge in [0.2, 0.25) is 0 Å². The largest absolute Gasteiger partial charge is 0.288 e. The van der Waals surface area contributed by atoms with Gasteiger partial charge >= 0.3 is 0 Å². The van der Waals surface area contributed by atoms with Gasteiger partial charge in [-0.1, -0.05) is 57.9 Å². The third kappa shape index (κ3) is 3.99. The third-order valence-corrected chi connectivity index (χ3v) is 2.91. The predicted molar refractivity (Wildman–Crippen MR) is 76.9 cm³/mol. The lowest BCUT2D eigenvalue weighted by atomic mass is 10.2. The summed E-state index contributed by atoms with van der Waals surface area (Å²) < 4.78 is 0.981. The molecule has 86 valence electrons. The molecule has 17 heavy (non-hydrogen) atoms. The molecule has 2 aromatic rings. The van der Waals surface area contributed by atoms with E-state index in [-0.39, 0.29) is 0 Å². The minimum Gasteiger partial charge on any atom is -0.288 e. The Morgan fingerprint density at radius 2 is 1.88 bits per heavy atom. The second-order valence-corrected chi connectivity index (χ2v) is 5.01. The van der Waals surface area contributed by atoms with Crippen LogP contribution in [0, 0.1) is 0 Å². The fraction of sp³-hybridized carbons (Fsp3) is 0.0714. The molecular formula is C14H11BrClN. The topological polar surface area (TPSA) is 12.4 Å². The number of hydrogen-bond acceptors (Lipinski definition) is 1. The lowest BCUT2D eigenvalue weighted by Gasteiger charge is -1.99. The summed E-state index contributed by atoms with van der Waals surface area (Å²) in [6, 6.07) is 15.9. The Bertz CT molecular complexity index is 503. The minimum absolute atomic E-state index is 0.633. The van der Waals surface area contributed by atoms with E-state index in [9.17, 15) is 0 Å². The Hall–Kier alpha value is -1.12. The van der Waals surface area contributed by atoms with Crippen LogP contribution >= 0.6 is 27.5 Å². The molecule has 3 heteroatoms. The van der Waals surface area contributed by atoms with Gasteiger partial charge in [0.25, 0.3) is 0 Å². The lowest BCUT2D eigenvalue weighted by molar-refractivity contribution is 1.07. The van der Waals surface area contributed by atoms with Gasteiger partial charge in [-0.2, -0.15) is 0 Å². The van der Waals surface area contributed by atoms with Crippen LogP contribution in [-0.2, 0) is 6.54 Å². The van der Waals surface area contributed by atoms with E-state index in [1.165, 1.54) is 0 Å². The quantitative estimate of drug-likeness (QED) is 0.727. The summed E-state index contributed by atoms with van der Waals surface area (Å²) >= 11 is 9.38. The molecule has 0 spiro atoms. The number of nitrogens with zero attached hydrogens (tertiary/aromatic N) is 1. The maximum absolute atomic E-state index is 5.96. The van der Waals surface area contributed by atoms with Crippen LogP contribution < -0.4 is 0 Å². The zero-order chi connectivity index (χ0) is 12.1. The molecule has 0 N–H and O–H groups in total. The Balaban J connectivity index is 2.05. The van der Waals surface area contributed by atoms with Crippen LogP contribution in [0.2, 0.25) is 5.02 Å². The first-order valence-corrected chi connectivity index (χ1v) is 6.41. The van der Waals surface area contributed by atoms with Crippen molar-refractivity contribution in [2.45, 2.75) is 6.54 Å². The van der Waals surface area contributed by atoms with Crippen molar-refractivity contribution in [3.05, 3.63) is 69.2 Å². The Morgan fingerprint density at radius 1 is 1.12 bits per heavy atom. The van der Waals surface area contributed by atoms with Crippen molar-refractivity contribution in [2.75, 3.05) is 0 Å². The highest BCUT2D eigenvalue weighted by molar-refractivity contribution is 9.10. The number of aliphatic imine (C=N–C) groups is 1. The van der Waals surface area contributed by atoms with Gasteiger partial charge < -0.3 is 0 Å². The van der Waals surface area contributed by atoms with Crippen molar-refractivity contribution in [1.29, 1.82) is 0 Å². The van der Waals surface area contributed by atoms with Crippen molar-refractivity contribution in [3.8, 4) is 0 Å². The first-order chi connectivity index (χ1) is 8.24. The molecule has 0 saturated heterocycles. The van der Waals surface area contributed by atoms with Crippen LogP contribution in [0.1, 0.15) is 11.1 Å². The molecule has 0 amide bonds. The van der Waals surface area contributed by atoms with Crippen molar-refractivity contribution in [1.82, 2.24) is 0 Å². The predicted octanol–water partition coefficient (Wildman–Crippen LogP) is 4.72. The monoisotopic (exact) mass is 307 g/mol. The molecule has 0 heterocycles. The fourth-order valence-corrected chi connectivity index (χ4v) is 2.43. The van der Waals surface area contributed by atoms with E-state index in [0.717, 1.165) is 20.6 Å². The van der Waals surface area contributed by atoms with Gasteiger partial charge in [0.05, 0.1) is 6.54 Å². The highest BCUT2D eigenvalue weighted by atomic mass is 79.9. The zero-order valence-corrected chi connectivity index (χ0v) is 11.4. The van der Waals surface area contributed by atoms with Crippen molar-refractivity contribution < 1.29 is 0 Å². The molecule has 0 fully saturated rings.